The van der Waals surface area contributed by atoms with E-state index in [1.165, 1.54) is 14.2 Å². The van der Waals surface area contributed by atoms with Gasteiger partial charge < -0.3 is 14.8 Å². The molecule has 0 saturated carbocycles. The number of carbonyl (C=O) groups is 1. The lowest BCUT2D eigenvalue weighted by Gasteiger charge is -2.12. The van der Waals surface area contributed by atoms with E-state index in [2.05, 4.69) is 15.6 Å². The second-order valence-electron chi connectivity index (χ2n) is 4.86. The molecule has 0 spiro atoms. The summed E-state index contributed by atoms with van der Waals surface area (Å²) >= 11 is 1.58. The number of nitrogens with zero attached hydrogens (tertiary/aromatic N) is 3. The number of benzene rings is 1. The van der Waals surface area contributed by atoms with E-state index in [-0.39, 0.29) is 12.5 Å². The molecule has 3 rings (SSSR count). The molecule has 124 valence electrons. The van der Waals surface area contributed by atoms with Crippen molar-refractivity contribution in [1.82, 2.24) is 20.3 Å². The summed E-state index contributed by atoms with van der Waals surface area (Å²) in [6, 6.07) is 7.10. The lowest BCUT2D eigenvalue weighted by Crippen LogP contribution is -2.23. The van der Waals surface area contributed by atoms with Crippen molar-refractivity contribution >= 4 is 17.2 Å². The summed E-state index contributed by atoms with van der Waals surface area (Å²) in [4.78, 5) is 12.4. The first-order chi connectivity index (χ1) is 11.7. The van der Waals surface area contributed by atoms with E-state index in [0.717, 1.165) is 5.69 Å². The van der Waals surface area contributed by atoms with Crippen molar-refractivity contribution in [3.05, 3.63) is 52.5 Å². The monoisotopic (exact) mass is 344 g/mol. The van der Waals surface area contributed by atoms with E-state index in [1.54, 1.807) is 40.4 Å². The van der Waals surface area contributed by atoms with E-state index in [0.29, 0.717) is 22.8 Å². The molecular weight excluding hydrogens is 328 g/mol. The number of carbonyl (C=O) groups excluding carboxylic acids is 1. The van der Waals surface area contributed by atoms with Gasteiger partial charge in [-0.25, -0.2) is 4.68 Å². The van der Waals surface area contributed by atoms with Gasteiger partial charge in [0.1, 0.15) is 5.69 Å². The maximum absolute atomic E-state index is 12.4. The summed E-state index contributed by atoms with van der Waals surface area (Å²) in [6.07, 6.45) is 1.78. The van der Waals surface area contributed by atoms with Crippen LogP contribution >= 0.6 is 11.3 Å². The van der Waals surface area contributed by atoms with Gasteiger partial charge in [0.2, 0.25) is 0 Å². The van der Waals surface area contributed by atoms with Gasteiger partial charge in [-0.15, -0.1) is 5.10 Å². The molecule has 0 aliphatic carbocycles. The molecule has 1 aromatic carbocycles. The van der Waals surface area contributed by atoms with Gasteiger partial charge in [-0.05, 0) is 23.6 Å². The number of nitrogens with one attached hydrogen (secondary N) is 1. The maximum atomic E-state index is 12.4. The van der Waals surface area contributed by atoms with Crippen LogP contribution in [-0.2, 0) is 6.54 Å². The molecule has 2 aromatic heterocycles. The molecule has 0 fully saturated rings. The average Bonchev–Trinajstić information content (AvgIpc) is 3.29. The minimum Gasteiger partial charge on any atom is -0.493 e. The van der Waals surface area contributed by atoms with Crippen molar-refractivity contribution in [2.75, 3.05) is 14.2 Å². The fourth-order valence-electron chi connectivity index (χ4n) is 2.23. The Morgan fingerprint density at radius 2 is 2.17 bits per heavy atom. The SMILES string of the molecule is COc1cccc(C(=O)NCc2cn(-c3ccsc3)nn2)c1OC. The number of aromatic nitrogens is 3. The molecule has 0 unspecified atom stereocenters. The molecule has 1 N–H and O–H groups in total. The largest absolute Gasteiger partial charge is 0.493 e. The average molecular weight is 344 g/mol. The van der Waals surface area contributed by atoms with Crippen LogP contribution in [0.15, 0.2) is 41.2 Å². The summed E-state index contributed by atoms with van der Waals surface area (Å²) < 4.78 is 12.2. The van der Waals surface area contributed by atoms with Gasteiger partial charge in [0.05, 0.1) is 38.2 Å². The second kappa shape index (κ2) is 7.14. The lowest BCUT2D eigenvalue weighted by atomic mass is 10.1. The summed E-state index contributed by atoms with van der Waals surface area (Å²) in [7, 11) is 3.03. The Kier molecular flexibility index (Phi) is 4.76. The van der Waals surface area contributed by atoms with Gasteiger partial charge >= 0.3 is 0 Å². The number of amides is 1. The molecule has 24 heavy (non-hydrogen) atoms. The van der Waals surface area contributed by atoms with Gasteiger partial charge in [-0.1, -0.05) is 11.3 Å². The predicted octanol–water partition coefficient (Wildman–Crippen LogP) is 2.28. The van der Waals surface area contributed by atoms with Crippen LogP contribution in [0, 0.1) is 0 Å². The molecule has 1 amide bonds. The normalized spacial score (nSPS) is 10.4. The first-order valence-electron chi connectivity index (χ1n) is 7.16. The first kappa shape index (κ1) is 16.0. The molecule has 0 aliphatic heterocycles. The zero-order valence-corrected chi connectivity index (χ0v) is 14.0. The van der Waals surface area contributed by atoms with E-state index in [1.807, 2.05) is 16.8 Å². The minimum absolute atomic E-state index is 0.267. The Hall–Kier alpha value is -2.87. The standard InChI is InChI=1S/C16H16N4O3S/c1-22-14-5-3-4-13(15(14)23-2)16(21)17-8-11-9-20(19-18-11)12-6-7-24-10-12/h3-7,9-10H,8H2,1-2H3,(H,17,21). The van der Waals surface area contributed by atoms with Crippen molar-refractivity contribution in [3.8, 4) is 17.2 Å². The molecule has 3 aromatic rings. The molecule has 7 nitrogen and oxygen atoms in total. The number of hydrogen-bond acceptors (Lipinski definition) is 6. The number of hydrogen-bond donors (Lipinski definition) is 1. The van der Waals surface area contributed by atoms with Crippen LogP contribution in [0.3, 0.4) is 0 Å². The van der Waals surface area contributed by atoms with Crippen molar-refractivity contribution in [1.29, 1.82) is 0 Å². The molecule has 2 heterocycles. The van der Waals surface area contributed by atoms with Crippen molar-refractivity contribution in [2.24, 2.45) is 0 Å². The van der Waals surface area contributed by atoms with Gasteiger partial charge in [0.15, 0.2) is 11.5 Å². The van der Waals surface area contributed by atoms with Crippen molar-refractivity contribution < 1.29 is 14.3 Å². The molecule has 8 heteroatoms. The molecule has 0 aliphatic rings. The van der Waals surface area contributed by atoms with Crippen LogP contribution < -0.4 is 14.8 Å². The highest BCUT2D eigenvalue weighted by Crippen LogP contribution is 2.30. The quantitative estimate of drug-likeness (QED) is 0.742. The van der Waals surface area contributed by atoms with Crippen LogP contribution in [0.2, 0.25) is 0 Å². The Morgan fingerprint density at radius 1 is 1.29 bits per heavy atom. The molecule has 0 radical (unpaired) electrons. The van der Waals surface area contributed by atoms with Gasteiger partial charge in [0, 0.05) is 5.38 Å². The highest BCUT2D eigenvalue weighted by molar-refractivity contribution is 7.08. The predicted molar refractivity (Wildman–Crippen MR) is 90.0 cm³/mol. The summed E-state index contributed by atoms with van der Waals surface area (Å²) in [5.74, 6) is 0.642. The third-order valence-corrected chi connectivity index (χ3v) is 4.06. The Morgan fingerprint density at radius 3 is 2.88 bits per heavy atom. The van der Waals surface area contributed by atoms with E-state index in [4.69, 9.17) is 9.47 Å². The second-order valence-corrected chi connectivity index (χ2v) is 5.64. The van der Waals surface area contributed by atoms with Crippen LogP contribution in [0.25, 0.3) is 5.69 Å². The molecular formula is C16H16N4O3S. The van der Waals surface area contributed by atoms with E-state index < -0.39 is 0 Å². The molecule has 0 bridgehead atoms. The highest BCUT2D eigenvalue weighted by Gasteiger charge is 2.16. The van der Waals surface area contributed by atoms with E-state index in [9.17, 15) is 4.79 Å². The number of thiophene rings is 1. The smallest absolute Gasteiger partial charge is 0.255 e. The van der Waals surface area contributed by atoms with Gasteiger partial charge in [-0.2, -0.15) is 11.3 Å². The zero-order valence-electron chi connectivity index (χ0n) is 13.2. The fourth-order valence-corrected chi connectivity index (χ4v) is 2.85. The van der Waals surface area contributed by atoms with Crippen LogP contribution in [-0.4, -0.2) is 35.1 Å². The van der Waals surface area contributed by atoms with Gasteiger partial charge in [0.25, 0.3) is 5.91 Å². The zero-order chi connectivity index (χ0) is 16.9. The Bertz CT molecular complexity index is 830. The summed E-state index contributed by atoms with van der Waals surface area (Å²) in [6.45, 7) is 0.267. The van der Waals surface area contributed by atoms with Crippen molar-refractivity contribution in [2.45, 2.75) is 6.54 Å². The minimum atomic E-state index is -0.268. The van der Waals surface area contributed by atoms with Crippen LogP contribution in [0.1, 0.15) is 16.1 Å². The van der Waals surface area contributed by atoms with E-state index >= 15 is 0 Å². The van der Waals surface area contributed by atoms with Crippen molar-refractivity contribution in [3.63, 3.8) is 0 Å². The number of para-hydroxylation sites is 1. The topological polar surface area (TPSA) is 78.3 Å². The van der Waals surface area contributed by atoms with Gasteiger partial charge in [-0.3, -0.25) is 4.79 Å². The number of rotatable bonds is 6. The Labute approximate surface area is 142 Å². The number of methoxy groups -OCH3 is 2. The Balaban J connectivity index is 1.70. The third-order valence-electron chi connectivity index (χ3n) is 3.39. The molecule has 0 saturated heterocycles. The maximum Gasteiger partial charge on any atom is 0.255 e. The van der Waals surface area contributed by atoms with Crippen LogP contribution in [0.4, 0.5) is 0 Å². The summed E-state index contributed by atoms with van der Waals surface area (Å²) in [5, 5.41) is 14.9. The lowest BCUT2D eigenvalue weighted by molar-refractivity contribution is 0.0946. The fraction of sp³-hybridized carbons (Fsp3) is 0.188. The molecule has 0 atom stereocenters. The summed E-state index contributed by atoms with van der Waals surface area (Å²) in [5.41, 5.74) is 2.01. The highest BCUT2D eigenvalue weighted by atomic mass is 32.1. The number of ether oxygens (including phenoxy) is 2. The van der Waals surface area contributed by atoms with Crippen LogP contribution in [0.5, 0.6) is 11.5 Å². The third kappa shape index (κ3) is 3.23. The first-order valence-corrected chi connectivity index (χ1v) is 8.10.